The van der Waals surface area contributed by atoms with E-state index in [4.69, 9.17) is 9.47 Å². The monoisotopic (exact) mass is 584 g/mol. The van der Waals surface area contributed by atoms with Crippen LogP contribution in [0.25, 0.3) is 10.9 Å². The smallest absolute Gasteiger partial charge is 0.419 e. The average molecular weight is 585 g/mol. The third kappa shape index (κ3) is 4.14. The molecule has 0 spiro atoms. The molecule has 2 aromatic carbocycles. The van der Waals surface area contributed by atoms with E-state index in [2.05, 4.69) is 6.58 Å². The first kappa shape index (κ1) is 28.5. The van der Waals surface area contributed by atoms with Gasteiger partial charge in [-0.1, -0.05) is 43.0 Å². The van der Waals surface area contributed by atoms with Crippen LogP contribution < -0.4 is 4.90 Å². The number of fused-ring (bicyclic) bond motifs is 6. The number of carbonyl (C=O) groups is 4. The molecule has 6 rings (SSSR count). The Labute approximate surface area is 250 Å². The predicted molar refractivity (Wildman–Crippen MR) is 160 cm³/mol. The van der Waals surface area contributed by atoms with E-state index in [0.717, 1.165) is 10.9 Å². The molecule has 3 aliphatic rings. The fourth-order valence-corrected chi connectivity index (χ4v) is 6.71. The second kappa shape index (κ2) is 9.20. The molecule has 0 saturated carbocycles. The van der Waals surface area contributed by atoms with E-state index in [-0.39, 0.29) is 18.0 Å². The third-order valence-corrected chi connectivity index (χ3v) is 8.32. The van der Waals surface area contributed by atoms with E-state index >= 15 is 0 Å². The van der Waals surface area contributed by atoms with Crippen LogP contribution in [0.1, 0.15) is 59.1 Å². The van der Waals surface area contributed by atoms with Crippen molar-refractivity contribution in [1.82, 2.24) is 14.4 Å². The van der Waals surface area contributed by atoms with Crippen LogP contribution in [-0.4, -0.2) is 68.8 Å². The molecule has 10 heteroatoms. The summed E-state index contributed by atoms with van der Waals surface area (Å²) < 4.78 is 13.1. The zero-order chi connectivity index (χ0) is 31.2. The summed E-state index contributed by atoms with van der Waals surface area (Å²) in [5.74, 6) is -0.743. The van der Waals surface area contributed by atoms with Crippen molar-refractivity contribution in [2.75, 3.05) is 11.9 Å². The van der Waals surface area contributed by atoms with E-state index in [1.165, 1.54) is 26.3 Å². The van der Waals surface area contributed by atoms with Gasteiger partial charge in [0.2, 0.25) is 5.91 Å². The Morgan fingerprint density at radius 3 is 2.16 bits per heavy atom. The summed E-state index contributed by atoms with van der Waals surface area (Å²) in [5.41, 5.74) is -0.0177. The van der Waals surface area contributed by atoms with Gasteiger partial charge in [0, 0.05) is 18.6 Å². The number of nitrogens with zero attached hydrogens (tertiary/aromatic N) is 4. The molecule has 0 N–H and O–H groups in total. The van der Waals surface area contributed by atoms with Crippen molar-refractivity contribution in [1.29, 1.82) is 0 Å². The third-order valence-electron chi connectivity index (χ3n) is 8.32. The minimum absolute atomic E-state index is 0.0216. The molecule has 2 saturated heterocycles. The summed E-state index contributed by atoms with van der Waals surface area (Å²) in [4.78, 5) is 59.6. The van der Waals surface area contributed by atoms with Crippen molar-refractivity contribution in [3.8, 4) is 0 Å². The highest BCUT2D eigenvalue weighted by molar-refractivity contribution is 6.07. The molecule has 4 heterocycles. The highest BCUT2D eigenvalue weighted by Gasteiger charge is 2.68. The molecule has 10 nitrogen and oxygen atoms in total. The molecule has 3 aromatic rings. The minimum Gasteiger partial charge on any atom is -0.443 e. The largest absolute Gasteiger partial charge is 0.443 e. The first-order chi connectivity index (χ1) is 20.1. The summed E-state index contributed by atoms with van der Waals surface area (Å²) >= 11 is 0. The lowest BCUT2D eigenvalue weighted by Crippen LogP contribution is -2.62. The Morgan fingerprint density at radius 1 is 0.884 bits per heavy atom. The maximum absolute atomic E-state index is 14.1. The molecule has 0 aliphatic carbocycles. The van der Waals surface area contributed by atoms with Crippen molar-refractivity contribution in [3.63, 3.8) is 0 Å². The average Bonchev–Trinajstić information content (AvgIpc) is 3.55. The maximum Gasteiger partial charge on any atom is 0.419 e. The van der Waals surface area contributed by atoms with Crippen molar-refractivity contribution in [2.24, 2.45) is 0 Å². The number of hydrogen-bond acceptors (Lipinski definition) is 6. The molecule has 224 valence electrons. The number of para-hydroxylation sites is 2. The summed E-state index contributed by atoms with van der Waals surface area (Å²) in [6.07, 6.45) is -0.266. The van der Waals surface area contributed by atoms with Crippen LogP contribution in [-0.2, 0) is 24.5 Å². The van der Waals surface area contributed by atoms with Crippen LogP contribution in [0.5, 0.6) is 0 Å². The zero-order valence-electron chi connectivity index (χ0n) is 25.5. The van der Waals surface area contributed by atoms with E-state index in [9.17, 15) is 19.2 Å². The molecular weight excluding hydrogens is 548 g/mol. The Balaban J connectivity index is 1.66. The molecule has 0 unspecified atom stereocenters. The first-order valence-corrected chi connectivity index (χ1v) is 14.3. The van der Waals surface area contributed by atoms with Crippen molar-refractivity contribution in [3.05, 3.63) is 78.1 Å². The van der Waals surface area contributed by atoms with Crippen molar-refractivity contribution < 1.29 is 28.7 Å². The van der Waals surface area contributed by atoms with E-state index < -0.39 is 46.9 Å². The molecule has 3 aliphatic heterocycles. The van der Waals surface area contributed by atoms with Gasteiger partial charge in [-0.05, 0) is 71.2 Å². The number of likely N-dealkylation sites (N-methyl/N-ethyl adjacent to an activating group) is 1. The van der Waals surface area contributed by atoms with Crippen LogP contribution >= 0.6 is 0 Å². The lowest BCUT2D eigenvalue weighted by molar-refractivity contribution is -0.149. The first-order valence-electron chi connectivity index (χ1n) is 14.3. The van der Waals surface area contributed by atoms with Crippen LogP contribution in [0.15, 0.2) is 67.0 Å². The Bertz CT molecular complexity index is 1730. The van der Waals surface area contributed by atoms with E-state index in [0.29, 0.717) is 16.8 Å². The molecular formula is C33H36N4O6. The summed E-state index contributed by atoms with van der Waals surface area (Å²) in [6, 6.07) is 14.0. The lowest BCUT2D eigenvalue weighted by atomic mass is 9.72. The highest BCUT2D eigenvalue weighted by atomic mass is 16.6. The fraction of sp³-hybridized carbons (Fsp3) is 0.394. The van der Waals surface area contributed by atoms with E-state index in [1.54, 1.807) is 47.7 Å². The minimum atomic E-state index is -1.10. The molecule has 2 fully saturated rings. The number of aromatic nitrogens is 1. The van der Waals surface area contributed by atoms with Gasteiger partial charge in [0.15, 0.2) is 0 Å². The number of hydrogen-bond donors (Lipinski definition) is 0. The Morgan fingerprint density at radius 2 is 1.49 bits per heavy atom. The Hall–Kier alpha value is -4.60. The van der Waals surface area contributed by atoms with Gasteiger partial charge >= 0.3 is 12.2 Å². The van der Waals surface area contributed by atoms with Gasteiger partial charge in [-0.25, -0.2) is 9.59 Å². The summed E-state index contributed by atoms with van der Waals surface area (Å²) in [5, 5.41) is 0.742. The van der Waals surface area contributed by atoms with Crippen LogP contribution in [0.2, 0.25) is 0 Å². The van der Waals surface area contributed by atoms with Gasteiger partial charge in [-0.3, -0.25) is 19.1 Å². The van der Waals surface area contributed by atoms with Crippen molar-refractivity contribution >= 4 is 40.6 Å². The van der Waals surface area contributed by atoms with Gasteiger partial charge in [0.1, 0.15) is 29.1 Å². The summed E-state index contributed by atoms with van der Waals surface area (Å²) in [7, 11) is 1.54. The number of anilines is 1. The van der Waals surface area contributed by atoms with Crippen LogP contribution in [0.3, 0.4) is 0 Å². The molecule has 1 aromatic heterocycles. The van der Waals surface area contributed by atoms with Gasteiger partial charge in [-0.2, -0.15) is 0 Å². The summed E-state index contributed by atoms with van der Waals surface area (Å²) in [6.45, 7) is 14.6. The van der Waals surface area contributed by atoms with Crippen LogP contribution in [0, 0.1) is 0 Å². The number of rotatable bonds is 1. The van der Waals surface area contributed by atoms with Gasteiger partial charge in [0.25, 0.3) is 5.91 Å². The lowest BCUT2D eigenvalue weighted by Gasteiger charge is -2.42. The van der Waals surface area contributed by atoms with Gasteiger partial charge in [-0.15, -0.1) is 0 Å². The molecule has 0 bridgehead atoms. The molecule has 3 amide bonds. The highest BCUT2D eigenvalue weighted by Crippen LogP contribution is 2.60. The van der Waals surface area contributed by atoms with Gasteiger partial charge < -0.3 is 19.3 Å². The van der Waals surface area contributed by atoms with E-state index in [1.807, 2.05) is 48.5 Å². The number of ether oxygens (including phenoxy) is 2. The maximum atomic E-state index is 14.1. The normalized spacial score (nSPS) is 23.4. The number of amides is 3. The standard InChI is InChI=1S/C33H36N4O6/c1-19-26(38)36-25(27(39)34(19)8)17-33(21-14-10-12-16-24(21)37(28(33)36)30(41)43-32(5,6)7)22-18-35(29(40)42-31(2,3)4)23-15-11-9-13-20(22)23/h9-16,18,25,28H,1,17H2,2-8H3/t25-,28-,33+/m0/s1. The molecule has 3 atom stereocenters. The number of piperazine rings is 1. The predicted octanol–water partition coefficient (Wildman–Crippen LogP) is 5.38. The second-order valence-electron chi connectivity index (χ2n) is 13.4. The molecule has 0 radical (unpaired) electrons. The number of carbonyl (C=O) groups excluding carboxylic acids is 4. The Kier molecular flexibility index (Phi) is 6.10. The van der Waals surface area contributed by atoms with Crippen LogP contribution in [0.4, 0.5) is 15.3 Å². The SMILES string of the molecule is C=C1C(=O)N2[C@H]3N(C(=O)OC(C)(C)C)c4ccccc4[C@@]3(c3cn(C(=O)OC(C)(C)C)c4ccccc34)C[C@H]2C(=O)N1C. The molecule has 43 heavy (non-hydrogen) atoms. The topological polar surface area (TPSA) is 101 Å². The quantitative estimate of drug-likeness (QED) is 0.356. The second-order valence-corrected chi connectivity index (χ2v) is 13.4. The fourth-order valence-electron chi connectivity index (χ4n) is 6.71. The number of benzene rings is 2. The van der Waals surface area contributed by atoms with Crippen molar-refractivity contribution in [2.45, 2.75) is 76.8 Å². The zero-order valence-corrected chi connectivity index (χ0v) is 25.5. The van der Waals surface area contributed by atoms with Gasteiger partial charge in [0.05, 0.1) is 16.6 Å².